The molecule has 3 rings (SSSR count). The first-order valence-electron chi connectivity index (χ1n) is 5.44. The Balaban J connectivity index is 0.000000810. The monoisotopic (exact) mass is 443 g/mol. The molecular formula is C15H13Cl2Hf. The molecule has 91 valence electrons. The summed E-state index contributed by atoms with van der Waals surface area (Å²) >= 11 is 1.20. The number of rotatable bonds is 1. The van der Waals surface area contributed by atoms with Crippen molar-refractivity contribution in [1.29, 1.82) is 0 Å². The average molecular weight is 443 g/mol. The van der Waals surface area contributed by atoms with E-state index in [0.29, 0.717) is 3.67 Å². The molecule has 0 N–H and O–H groups in total. The van der Waals surface area contributed by atoms with Gasteiger partial charge in [-0.3, -0.25) is 0 Å². The first-order chi connectivity index (χ1) is 7.86. The van der Waals surface area contributed by atoms with E-state index in [1.807, 2.05) is 0 Å². The molecule has 1 atom stereocenters. The zero-order valence-corrected chi connectivity index (χ0v) is 14.9. The third-order valence-corrected chi connectivity index (χ3v) is 4.82. The van der Waals surface area contributed by atoms with Crippen molar-refractivity contribution in [2.24, 2.45) is 0 Å². The van der Waals surface area contributed by atoms with Crippen molar-refractivity contribution in [3.63, 3.8) is 0 Å². The fraction of sp³-hybridized carbons (Fsp3) is 0.0667. The van der Waals surface area contributed by atoms with Gasteiger partial charge in [0.25, 0.3) is 0 Å². The molecule has 1 unspecified atom stereocenters. The number of halogens is 2. The van der Waals surface area contributed by atoms with Crippen LogP contribution in [0.25, 0.3) is 17.2 Å². The number of benzene rings is 2. The molecule has 3 heteroatoms. The number of hydrogen-bond donors (Lipinski definition) is 0. The molecule has 0 saturated carbocycles. The molecule has 0 radical (unpaired) electrons. The second-order valence-electron chi connectivity index (χ2n) is 4.01. The van der Waals surface area contributed by atoms with Crippen molar-refractivity contribution in [1.82, 2.24) is 0 Å². The van der Waals surface area contributed by atoms with Gasteiger partial charge in [-0.25, -0.2) is 0 Å². The van der Waals surface area contributed by atoms with Gasteiger partial charge in [-0.05, 0) is 0 Å². The van der Waals surface area contributed by atoms with Crippen molar-refractivity contribution < 1.29 is 24.4 Å². The Morgan fingerprint density at radius 2 is 1.56 bits per heavy atom. The van der Waals surface area contributed by atoms with Crippen LogP contribution in [-0.4, -0.2) is 0 Å². The number of allylic oxidation sites excluding steroid dienone is 1. The molecule has 0 spiro atoms. The summed E-state index contributed by atoms with van der Waals surface area (Å²) in [7, 11) is 0. The van der Waals surface area contributed by atoms with E-state index in [9.17, 15) is 0 Å². The predicted molar refractivity (Wildman–Crippen MR) is 78.1 cm³/mol. The van der Waals surface area contributed by atoms with Gasteiger partial charge in [0.05, 0.1) is 0 Å². The van der Waals surface area contributed by atoms with E-state index in [4.69, 9.17) is 0 Å². The quantitative estimate of drug-likeness (QED) is 0.556. The molecule has 2 aromatic carbocycles. The molecule has 1 aliphatic rings. The van der Waals surface area contributed by atoms with Crippen LogP contribution in [0.4, 0.5) is 0 Å². The molecule has 2 aromatic rings. The van der Waals surface area contributed by atoms with Crippen LogP contribution in [0.1, 0.15) is 14.8 Å². The maximum absolute atomic E-state index is 2.34. The second kappa shape index (κ2) is 6.70. The summed E-state index contributed by atoms with van der Waals surface area (Å²) in [6.45, 7) is 0. The summed E-state index contributed by atoms with van der Waals surface area (Å²) in [5.74, 6) is 0. The summed E-state index contributed by atoms with van der Waals surface area (Å²) in [5.41, 5.74) is 5.62. The molecule has 0 amide bonds. The molecule has 0 heterocycles. The van der Waals surface area contributed by atoms with Crippen LogP contribution in [0, 0.1) is 0 Å². The van der Waals surface area contributed by atoms with Crippen LogP contribution in [-0.2, 0) is 24.4 Å². The molecule has 18 heavy (non-hydrogen) atoms. The molecule has 0 fully saturated rings. The van der Waals surface area contributed by atoms with E-state index in [-0.39, 0.29) is 24.8 Å². The number of hydrogen-bond acceptors (Lipinski definition) is 0. The van der Waals surface area contributed by atoms with Gasteiger partial charge in [0.2, 0.25) is 0 Å². The molecule has 0 aliphatic heterocycles. The Morgan fingerprint density at radius 1 is 0.833 bits per heavy atom. The van der Waals surface area contributed by atoms with Gasteiger partial charge in [-0.2, -0.15) is 0 Å². The Morgan fingerprint density at radius 3 is 2.28 bits per heavy atom. The molecule has 0 aromatic heterocycles. The maximum atomic E-state index is 2.34. The van der Waals surface area contributed by atoms with E-state index in [1.54, 1.807) is 0 Å². The summed E-state index contributed by atoms with van der Waals surface area (Å²) < 4.78 is 0.693. The molecule has 0 bridgehead atoms. The first-order valence-corrected chi connectivity index (χ1v) is 7.51. The fourth-order valence-electron chi connectivity index (χ4n) is 2.21. The van der Waals surface area contributed by atoms with Crippen molar-refractivity contribution in [3.05, 3.63) is 65.7 Å². The van der Waals surface area contributed by atoms with E-state index in [0.717, 1.165) is 0 Å². The third-order valence-electron chi connectivity index (χ3n) is 3.02. The van der Waals surface area contributed by atoms with Crippen LogP contribution in [0.3, 0.4) is 0 Å². The SMILES string of the molecule is Cl.Cl.[Hf][CH]1C=Cc2c(-c3ccccc3)cccc21. The third kappa shape index (κ3) is 2.79. The van der Waals surface area contributed by atoms with Gasteiger partial charge in [-0.15, -0.1) is 24.8 Å². The fourth-order valence-corrected chi connectivity index (χ4v) is 3.46. The van der Waals surface area contributed by atoms with Gasteiger partial charge in [0.1, 0.15) is 0 Å². The Labute approximate surface area is 135 Å². The summed E-state index contributed by atoms with van der Waals surface area (Å²) in [5, 5.41) is 0. The minimum absolute atomic E-state index is 0. The summed E-state index contributed by atoms with van der Waals surface area (Å²) in [4.78, 5) is 0. The Bertz CT molecular complexity index is 550. The van der Waals surface area contributed by atoms with Crippen molar-refractivity contribution >= 4 is 30.9 Å². The van der Waals surface area contributed by atoms with Crippen LogP contribution >= 0.6 is 24.8 Å². The molecule has 0 nitrogen and oxygen atoms in total. The molecule has 1 aliphatic carbocycles. The topological polar surface area (TPSA) is 0 Å². The van der Waals surface area contributed by atoms with Crippen LogP contribution < -0.4 is 0 Å². The standard InChI is InChI=1S/C15H11.2ClH.Hf/c1-2-6-12(7-3-1)14-10-4-8-13-9-5-11-15(13)14;;;/h1-11H;2*1H;. The summed E-state index contributed by atoms with van der Waals surface area (Å²) in [6.07, 6.45) is 4.62. The predicted octanol–water partition coefficient (Wildman–Crippen LogP) is 4.81. The van der Waals surface area contributed by atoms with E-state index >= 15 is 0 Å². The molecular weight excluding hydrogens is 430 g/mol. The zero-order chi connectivity index (χ0) is 11.0. The van der Waals surface area contributed by atoms with Gasteiger partial charge in [0, 0.05) is 0 Å². The van der Waals surface area contributed by atoms with Crippen LogP contribution in [0.2, 0.25) is 0 Å². The van der Waals surface area contributed by atoms with Crippen LogP contribution in [0.5, 0.6) is 0 Å². The molecule has 0 saturated heterocycles. The van der Waals surface area contributed by atoms with Gasteiger partial charge < -0.3 is 0 Å². The average Bonchev–Trinajstić information content (AvgIpc) is 2.73. The van der Waals surface area contributed by atoms with Crippen LogP contribution in [0.15, 0.2) is 54.6 Å². The Kier molecular flexibility index (Phi) is 5.84. The van der Waals surface area contributed by atoms with Crippen molar-refractivity contribution in [2.75, 3.05) is 0 Å². The van der Waals surface area contributed by atoms with E-state index in [1.165, 1.54) is 46.6 Å². The van der Waals surface area contributed by atoms with Crippen molar-refractivity contribution in [2.45, 2.75) is 3.67 Å². The van der Waals surface area contributed by atoms with Gasteiger partial charge in [-0.1, -0.05) is 0 Å². The first kappa shape index (κ1) is 15.7. The minimum atomic E-state index is 0. The van der Waals surface area contributed by atoms with E-state index < -0.39 is 0 Å². The normalized spacial score (nSPS) is 15.4. The van der Waals surface area contributed by atoms with Crippen molar-refractivity contribution in [3.8, 4) is 11.1 Å². The number of fused-ring (bicyclic) bond motifs is 1. The zero-order valence-electron chi connectivity index (χ0n) is 9.67. The van der Waals surface area contributed by atoms with E-state index in [2.05, 4.69) is 60.7 Å². The Hall–Kier alpha value is -0.370. The summed E-state index contributed by atoms with van der Waals surface area (Å²) in [6, 6.07) is 17.3. The van der Waals surface area contributed by atoms with Gasteiger partial charge in [0.15, 0.2) is 0 Å². The van der Waals surface area contributed by atoms with Gasteiger partial charge >= 0.3 is 111 Å². The second-order valence-corrected chi connectivity index (χ2v) is 6.25.